The van der Waals surface area contributed by atoms with Gasteiger partial charge in [-0.05, 0) is 46.6 Å². The van der Waals surface area contributed by atoms with Crippen LogP contribution >= 0.6 is 50.5 Å². The predicted molar refractivity (Wildman–Crippen MR) is 85.7 cm³/mol. The monoisotopic (exact) mass is 415 g/mol. The van der Waals surface area contributed by atoms with Gasteiger partial charge in [-0.1, -0.05) is 23.2 Å². The molecule has 2 aromatic rings. The van der Waals surface area contributed by atoms with Crippen LogP contribution in [0.3, 0.4) is 0 Å². The number of halogens is 3. The molecule has 0 spiro atoms. The van der Waals surface area contributed by atoms with E-state index in [1.807, 2.05) is 0 Å². The molecule has 0 saturated heterocycles. The van der Waals surface area contributed by atoms with Crippen LogP contribution in [0.2, 0.25) is 10.0 Å². The van der Waals surface area contributed by atoms with Gasteiger partial charge in [0.2, 0.25) is 0 Å². The fourth-order valence-electron chi connectivity index (χ4n) is 1.39. The molecular formula is C11H8BrCl2NO3S2. The molecule has 0 fully saturated rings. The Morgan fingerprint density at radius 1 is 1.25 bits per heavy atom. The lowest BCUT2D eigenvalue weighted by Gasteiger charge is -2.08. The molecule has 0 aliphatic carbocycles. The first-order chi connectivity index (χ1) is 9.20. The Balaban J connectivity index is 2.38. The number of aromatic hydroxyl groups is 1. The predicted octanol–water partition coefficient (Wildman–Crippen LogP) is 4.63. The first kappa shape index (κ1) is 15.9. The first-order valence-electron chi connectivity index (χ1n) is 5.17. The molecule has 0 aliphatic heterocycles. The third-order valence-electron chi connectivity index (χ3n) is 2.37. The maximum absolute atomic E-state index is 12.2. The van der Waals surface area contributed by atoms with E-state index in [9.17, 15) is 13.5 Å². The first-order valence-corrected chi connectivity index (χ1v) is 9.02. The maximum Gasteiger partial charge on any atom is 0.271 e. The van der Waals surface area contributed by atoms with Gasteiger partial charge in [0.15, 0.2) is 5.75 Å². The van der Waals surface area contributed by atoms with Crippen molar-refractivity contribution in [1.82, 2.24) is 0 Å². The molecule has 4 nitrogen and oxygen atoms in total. The fraction of sp³-hybridized carbons (Fsp3) is 0.0909. The third-order valence-corrected chi connectivity index (χ3v) is 6.94. The molecule has 0 amide bonds. The van der Waals surface area contributed by atoms with Gasteiger partial charge in [0.1, 0.15) is 4.21 Å². The van der Waals surface area contributed by atoms with Crippen molar-refractivity contribution in [3.8, 4) is 5.75 Å². The molecule has 0 radical (unpaired) electrons. The number of benzene rings is 1. The number of rotatable bonds is 3. The van der Waals surface area contributed by atoms with Gasteiger partial charge in [0.25, 0.3) is 10.0 Å². The lowest BCUT2D eigenvalue weighted by atomic mass is 10.3. The van der Waals surface area contributed by atoms with E-state index >= 15 is 0 Å². The molecule has 2 N–H and O–H groups in total. The Kier molecular flexibility index (Phi) is 4.56. The number of anilines is 1. The number of phenolic OH excluding ortho intramolecular Hbond substituents is 1. The van der Waals surface area contributed by atoms with Crippen molar-refractivity contribution in [3.05, 3.63) is 37.6 Å². The number of aryl methyl sites for hydroxylation is 1. The zero-order chi connectivity index (χ0) is 15.1. The molecule has 1 aromatic heterocycles. The molecule has 20 heavy (non-hydrogen) atoms. The summed E-state index contributed by atoms with van der Waals surface area (Å²) >= 11 is 15.9. The van der Waals surface area contributed by atoms with Crippen molar-refractivity contribution >= 4 is 66.2 Å². The van der Waals surface area contributed by atoms with Crippen LogP contribution in [0.15, 0.2) is 26.2 Å². The highest BCUT2D eigenvalue weighted by Gasteiger charge is 2.19. The zero-order valence-corrected chi connectivity index (χ0v) is 14.7. The summed E-state index contributed by atoms with van der Waals surface area (Å²) in [5.41, 5.74) is 1.01. The lowest BCUT2D eigenvalue weighted by molar-refractivity contribution is 0.476. The molecule has 2 rings (SSSR count). The minimum absolute atomic E-state index is 0.0289. The van der Waals surface area contributed by atoms with E-state index in [-0.39, 0.29) is 25.7 Å². The molecule has 0 unspecified atom stereocenters. The molecule has 9 heteroatoms. The maximum atomic E-state index is 12.2. The van der Waals surface area contributed by atoms with Gasteiger partial charge >= 0.3 is 0 Å². The Labute approximate surface area is 138 Å². The molecule has 0 aliphatic rings. The molecule has 0 atom stereocenters. The molecule has 1 heterocycles. The van der Waals surface area contributed by atoms with Gasteiger partial charge in [-0.2, -0.15) is 0 Å². The van der Waals surface area contributed by atoms with Crippen molar-refractivity contribution in [2.24, 2.45) is 0 Å². The normalized spacial score (nSPS) is 11.6. The van der Waals surface area contributed by atoms with Gasteiger partial charge in [-0.25, -0.2) is 8.42 Å². The summed E-state index contributed by atoms with van der Waals surface area (Å²) in [5, 5.41) is 9.38. The Morgan fingerprint density at radius 3 is 2.25 bits per heavy atom. The highest BCUT2D eigenvalue weighted by molar-refractivity contribution is 9.11. The summed E-state index contributed by atoms with van der Waals surface area (Å²) in [6.45, 7) is 1.80. The summed E-state index contributed by atoms with van der Waals surface area (Å²) in [4.78, 5) is 0. The van der Waals surface area contributed by atoms with Gasteiger partial charge in [0, 0.05) is 0 Å². The standard InChI is InChI=1S/C11H8BrCl2NO3S2/c1-5-2-9(19-11(5)12)20(17,18)15-6-3-7(13)10(16)8(14)4-6/h2-4,15-16H,1H3. The van der Waals surface area contributed by atoms with Crippen LogP contribution in [0, 0.1) is 6.92 Å². The minimum atomic E-state index is -3.72. The highest BCUT2D eigenvalue weighted by Crippen LogP contribution is 2.36. The van der Waals surface area contributed by atoms with E-state index in [4.69, 9.17) is 23.2 Å². The Morgan fingerprint density at radius 2 is 1.80 bits per heavy atom. The molecular weight excluding hydrogens is 409 g/mol. The van der Waals surface area contributed by atoms with Crippen molar-refractivity contribution < 1.29 is 13.5 Å². The fourth-order valence-corrected chi connectivity index (χ4v) is 5.15. The number of phenols is 1. The smallest absolute Gasteiger partial charge is 0.271 e. The summed E-state index contributed by atoms with van der Waals surface area (Å²) in [6.07, 6.45) is 0. The topological polar surface area (TPSA) is 66.4 Å². The quantitative estimate of drug-likeness (QED) is 0.716. The average Bonchev–Trinajstić information content (AvgIpc) is 2.67. The van der Waals surface area contributed by atoms with Crippen LogP contribution in [-0.2, 0) is 10.0 Å². The highest BCUT2D eigenvalue weighted by atomic mass is 79.9. The zero-order valence-electron chi connectivity index (χ0n) is 9.95. The van der Waals surface area contributed by atoms with Crippen molar-refractivity contribution in [2.45, 2.75) is 11.1 Å². The summed E-state index contributed by atoms with van der Waals surface area (Å²) in [7, 11) is -3.72. The molecule has 1 aromatic carbocycles. The van der Waals surface area contributed by atoms with Crippen molar-refractivity contribution in [3.63, 3.8) is 0 Å². The average molecular weight is 417 g/mol. The number of hydrogen-bond donors (Lipinski definition) is 2. The van der Waals surface area contributed by atoms with Gasteiger partial charge < -0.3 is 5.11 Å². The Hall–Kier alpha value is -0.470. The number of hydrogen-bond acceptors (Lipinski definition) is 4. The minimum Gasteiger partial charge on any atom is -0.505 e. The van der Waals surface area contributed by atoms with Crippen LogP contribution in [0.1, 0.15) is 5.56 Å². The summed E-state index contributed by atoms with van der Waals surface area (Å²) < 4.78 is 27.7. The van der Waals surface area contributed by atoms with Gasteiger partial charge in [-0.15, -0.1) is 11.3 Å². The second kappa shape index (κ2) is 5.73. The van der Waals surface area contributed by atoms with Crippen LogP contribution < -0.4 is 4.72 Å². The van der Waals surface area contributed by atoms with E-state index in [1.165, 1.54) is 12.1 Å². The van der Waals surface area contributed by atoms with Crippen molar-refractivity contribution in [2.75, 3.05) is 4.72 Å². The van der Waals surface area contributed by atoms with Crippen LogP contribution in [0.5, 0.6) is 5.75 Å². The SMILES string of the molecule is Cc1cc(S(=O)(=O)Nc2cc(Cl)c(O)c(Cl)c2)sc1Br. The largest absolute Gasteiger partial charge is 0.505 e. The van der Waals surface area contributed by atoms with E-state index in [1.54, 1.807) is 13.0 Å². The third kappa shape index (κ3) is 3.23. The summed E-state index contributed by atoms with van der Waals surface area (Å²) in [6, 6.07) is 4.13. The lowest BCUT2D eigenvalue weighted by Crippen LogP contribution is -2.11. The van der Waals surface area contributed by atoms with Crippen LogP contribution in [0.4, 0.5) is 5.69 Å². The van der Waals surface area contributed by atoms with Crippen molar-refractivity contribution in [1.29, 1.82) is 0 Å². The molecule has 0 bridgehead atoms. The van der Waals surface area contributed by atoms with E-state index in [2.05, 4.69) is 20.7 Å². The van der Waals surface area contributed by atoms with Crippen LogP contribution in [-0.4, -0.2) is 13.5 Å². The second-order valence-electron chi connectivity index (χ2n) is 3.92. The van der Waals surface area contributed by atoms with Gasteiger partial charge in [0.05, 0.1) is 19.5 Å². The van der Waals surface area contributed by atoms with Gasteiger partial charge in [-0.3, -0.25) is 4.72 Å². The Bertz CT molecular complexity index is 731. The molecule has 0 saturated carbocycles. The summed E-state index contributed by atoms with van der Waals surface area (Å²) in [5.74, 6) is -0.286. The van der Waals surface area contributed by atoms with E-state index < -0.39 is 10.0 Å². The number of sulfonamides is 1. The molecule has 108 valence electrons. The second-order valence-corrected chi connectivity index (χ2v) is 9.01. The van der Waals surface area contributed by atoms with E-state index in [0.717, 1.165) is 20.7 Å². The number of nitrogens with one attached hydrogen (secondary N) is 1. The van der Waals surface area contributed by atoms with Crippen LogP contribution in [0.25, 0.3) is 0 Å². The van der Waals surface area contributed by atoms with E-state index in [0.29, 0.717) is 0 Å². The number of thiophene rings is 1.